The van der Waals surface area contributed by atoms with E-state index < -0.39 is 0 Å². The van der Waals surface area contributed by atoms with Crippen LogP contribution < -0.4 is 11.1 Å². The lowest BCUT2D eigenvalue weighted by Gasteiger charge is -1.92. The third-order valence-electron chi connectivity index (χ3n) is 1.62. The zero-order chi connectivity index (χ0) is 9.52. The molecule has 0 heterocycles. The molecule has 0 amide bonds. The molecule has 0 aromatic heterocycles. The predicted molar refractivity (Wildman–Crippen MR) is 56.3 cm³/mol. The SMILES string of the molecule is CNCCC#Cc1cccc(N)c1. The van der Waals surface area contributed by atoms with Crippen molar-refractivity contribution in [1.29, 1.82) is 0 Å². The molecule has 0 fully saturated rings. The Morgan fingerprint density at radius 1 is 1.46 bits per heavy atom. The smallest absolute Gasteiger partial charge is 0.0326 e. The molecule has 0 spiro atoms. The summed E-state index contributed by atoms with van der Waals surface area (Å²) in [5, 5.41) is 3.04. The molecule has 0 saturated heterocycles. The average Bonchev–Trinajstić information content (AvgIpc) is 2.13. The standard InChI is InChI=1S/C11H14N2/c1-13-8-3-2-5-10-6-4-7-11(12)9-10/h4,6-7,9,13H,3,8,12H2,1H3. The largest absolute Gasteiger partial charge is 0.399 e. The summed E-state index contributed by atoms with van der Waals surface area (Å²) in [7, 11) is 1.92. The molecule has 1 aromatic carbocycles. The number of nitrogens with two attached hydrogens (primary N) is 1. The van der Waals surface area contributed by atoms with Gasteiger partial charge in [-0.05, 0) is 25.2 Å². The van der Waals surface area contributed by atoms with Gasteiger partial charge in [0.15, 0.2) is 0 Å². The van der Waals surface area contributed by atoms with Gasteiger partial charge in [-0.15, -0.1) is 0 Å². The highest BCUT2D eigenvalue weighted by Crippen LogP contribution is 2.04. The lowest BCUT2D eigenvalue weighted by atomic mass is 10.2. The fourth-order valence-corrected chi connectivity index (χ4v) is 0.968. The van der Waals surface area contributed by atoms with Gasteiger partial charge in [-0.1, -0.05) is 17.9 Å². The lowest BCUT2D eigenvalue weighted by Crippen LogP contribution is -2.05. The molecule has 0 unspecified atom stereocenters. The van der Waals surface area contributed by atoms with Gasteiger partial charge in [-0.25, -0.2) is 0 Å². The zero-order valence-corrected chi connectivity index (χ0v) is 7.80. The number of nitrogen functional groups attached to an aromatic ring is 1. The van der Waals surface area contributed by atoms with E-state index in [0.717, 1.165) is 24.2 Å². The molecule has 13 heavy (non-hydrogen) atoms. The van der Waals surface area contributed by atoms with E-state index in [1.165, 1.54) is 0 Å². The monoisotopic (exact) mass is 174 g/mol. The summed E-state index contributed by atoms with van der Waals surface area (Å²) in [6, 6.07) is 7.62. The molecule has 0 atom stereocenters. The van der Waals surface area contributed by atoms with Crippen LogP contribution in [0.2, 0.25) is 0 Å². The molecule has 0 aliphatic heterocycles. The highest BCUT2D eigenvalue weighted by Gasteiger charge is 1.86. The van der Waals surface area contributed by atoms with Gasteiger partial charge in [0.1, 0.15) is 0 Å². The van der Waals surface area contributed by atoms with Gasteiger partial charge in [0, 0.05) is 24.2 Å². The summed E-state index contributed by atoms with van der Waals surface area (Å²) in [5.74, 6) is 6.11. The van der Waals surface area contributed by atoms with Gasteiger partial charge in [0.2, 0.25) is 0 Å². The first-order valence-corrected chi connectivity index (χ1v) is 4.32. The molecule has 3 N–H and O–H groups in total. The molecule has 0 radical (unpaired) electrons. The van der Waals surface area contributed by atoms with Crippen LogP contribution in [0.5, 0.6) is 0 Å². The van der Waals surface area contributed by atoms with Crippen molar-refractivity contribution in [3.05, 3.63) is 29.8 Å². The summed E-state index contributed by atoms with van der Waals surface area (Å²) >= 11 is 0. The van der Waals surface area contributed by atoms with Gasteiger partial charge in [-0.3, -0.25) is 0 Å². The third-order valence-corrected chi connectivity index (χ3v) is 1.62. The molecule has 0 aliphatic rings. The second kappa shape index (κ2) is 5.23. The first-order chi connectivity index (χ1) is 6.33. The second-order valence-corrected chi connectivity index (χ2v) is 2.78. The number of rotatable bonds is 2. The fraction of sp³-hybridized carbons (Fsp3) is 0.273. The molecular formula is C11H14N2. The normalized spacial score (nSPS) is 9.00. The van der Waals surface area contributed by atoms with Gasteiger partial charge in [0.25, 0.3) is 0 Å². The first kappa shape index (κ1) is 9.63. The van der Waals surface area contributed by atoms with Crippen molar-refractivity contribution in [2.45, 2.75) is 6.42 Å². The Kier molecular flexibility index (Phi) is 3.87. The lowest BCUT2D eigenvalue weighted by molar-refractivity contribution is 0.818. The van der Waals surface area contributed by atoms with Crippen molar-refractivity contribution >= 4 is 5.69 Å². The Labute approximate surface area is 79.1 Å². The van der Waals surface area contributed by atoms with Crippen LogP contribution in [0, 0.1) is 11.8 Å². The molecule has 0 saturated carbocycles. The summed E-state index contributed by atoms with van der Waals surface area (Å²) in [4.78, 5) is 0. The van der Waals surface area contributed by atoms with Crippen LogP contribution in [0.25, 0.3) is 0 Å². The number of nitrogens with one attached hydrogen (secondary N) is 1. The van der Waals surface area contributed by atoms with Crippen molar-refractivity contribution in [1.82, 2.24) is 5.32 Å². The Hall–Kier alpha value is -1.46. The van der Waals surface area contributed by atoms with Gasteiger partial charge < -0.3 is 11.1 Å². The molecular weight excluding hydrogens is 160 g/mol. The van der Waals surface area contributed by atoms with Crippen LogP contribution in [-0.4, -0.2) is 13.6 Å². The van der Waals surface area contributed by atoms with E-state index in [9.17, 15) is 0 Å². The first-order valence-electron chi connectivity index (χ1n) is 4.32. The number of benzene rings is 1. The van der Waals surface area contributed by atoms with E-state index >= 15 is 0 Å². The minimum absolute atomic E-state index is 0.764. The van der Waals surface area contributed by atoms with Crippen LogP contribution in [0.1, 0.15) is 12.0 Å². The van der Waals surface area contributed by atoms with Crippen molar-refractivity contribution in [2.24, 2.45) is 0 Å². The highest BCUT2D eigenvalue weighted by molar-refractivity contribution is 5.46. The van der Waals surface area contributed by atoms with E-state index in [1.807, 2.05) is 31.3 Å². The predicted octanol–water partition coefficient (Wildman–Crippen LogP) is 1.23. The van der Waals surface area contributed by atoms with Gasteiger partial charge >= 0.3 is 0 Å². The van der Waals surface area contributed by atoms with E-state index in [0.29, 0.717) is 0 Å². The molecule has 68 valence electrons. The maximum absolute atomic E-state index is 5.61. The maximum Gasteiger partial charge on any atom is 0.0326 e. The summed E-state index contributed by atoms with van der Waals surface area (Å²) in [5.41, 5.74) is 7.36. The average molecular weight is 174 g/mol. The molecule has 1 aromatic rings. The van der Waals surface area contributed by atoms with E-state index in [2.05, 4.69) is 17.2 Å². The molecule has 0 aliphatic carbocycles. The maximum atomic E-state index is 5.61. The van der Waals surface area contributed by atoms with Crippen molar-refractivity contribution in [2.75, 3.05) is 19.3 Å². The molecule has 0 bridgehead atoms. The summed E-state index contributed by atoms with van der Waals surface area (Å²) < 4.78 is 0. The summed E-state index contributed by atoms with van der Waals surface area (Å²) in [6.07, 6.45) is 0.866. The van der Waals surface area contributed by atoms with Crippen LogP contribution in [0.15, 0.2) is 24.3 Å². The van der Waals surface area contributed by atoms with E-state index in [-0.39, 0.29) is 0 Å². The van der Waals surface area contributed by atoms with Crippen molar-refractivity contribution < 1.29 is 0 Å². The number of hydrogen-bond acceptors (Lipinski definition) is 2. The van der Waals surface area contributed by atoms with Gasteiger partial charge in [-0.2, -0.15) is 0 Å². The number of anilines is 1. The molecule has 1 rings (SSSR count). The van der Waals surface area contributed by atoms with Gasteiger partial charge in [0.05, 0.1) is 0 Å². The van der Waals surface area contributed by atoms with Crippen molar-refractivity contribution in [3.8, 4) is 11.8 Å². The molecule has 2 heteroatoms. The van der Waals surface area contributed by atoms with Crippen molar-refractivity contribution in [3.63, 3.8) is 0 Å². The van der Waals surface area contributed by atoms with Crippen LogP contribution in [0.3, 0.4) is 0 Å². The van der Waals surface area contributed by atoms with Crippen LogP contribution >= 0.6 is 0 Å². The second-order valence-electron chi connectivity index (χ2n) is 2.78. The van der Waals surface area contributed by atoms with Crippen LogP contribution in [-0.2, 0) is 0 Å². The Morgan fingerprint density at radius 2 is 2.31 bits per heavy atom. The minimum atomic E-state index is 0.764. The van der Waals surface area contributed by atoms with Crippen LogP contribution in [0.4, 0.5) is 5.69 Å². The third kappa shape index (κ3) is 3.64. The Balaban J connectivity index is 2.56. The summed E-state index contributed by atoms with van der Waals surface area (Å²) in [6.45, 7) is 0.926. The minimum Gasteiger partial charge on any atom is -0.399 e. The fourth-order valence-electron chi connectivity index (χ4n) is 0.968. The van der Waals surface area contributed by atoms with E-state index in [1.54, 1.807) is 0 Å². The number of hydrogen-bond donors (Lipinski definition) is 2. The quantitative estimate of drug-likeness (QED) is 0.402. The topological polar surface area (TPSA) is 38.0 Å². The van der Waals surface area contributed by atoms with E-state index in [4.69, 9.17) is 5.73 Å². The zero-order valence-electron chi connectivity index (χ0n) is 7.80. The Morgan fingerprint density at radius 3 is 3.00 bits per heavy atom. The Bertz CT molecular complexity index is 320. The molecule has 2 nitrogen and oxygen atoms in total. The highest BCUT2D eigenvalue weighted by atomic mass is 14.8.